The van der Waals surface area contributed by atoms with Gasteiger partial charge in [-0.25, -0.2) is 4.39 Å². The Labute approximate surface area is 120 Å². The molecule has 112 valence electrons. The molecule has 0 spiro atoms. The van der Waals surface area contributed by atoms with Gasteiger partial charge in [-0.05, 0) is 44.0 Å². The number of ether oxygens (including phenoxy) is 1. The molecule has 1 saturated heterocycles. The summed E-state index contributed by atoms with van der Waals surface area (Å²) in [6.07, 6.45) is -0.223. The third-order valence-corrected chi connectivity index (χ3v) is 4.02. The standard InChI is InChI=1S/C16H24FNO2/c1-11(2)18-6-7-20-16(10-18)15(19)9-13-4-5-14(17)8-12(13)3/h4-5,8,11,15-16,19H,6-7,9-10H2,1-3H3. The summed E-state index contributed by atoms with van der Waals surface area (Å²) in [5, 5.41) is 10.4. The van der Waals surface area contributed by atoms with E-state index in [1.165, 1.54) is 12.1 Å². The molecule has 1 aromatic rings. The average Bonchev–Trinajstić information content (AvgIpc) is 2.42. The molecule has 1 fully saturated rings. The second-order valence-electron chi connectivity index (χ2n) is 5.84. The lowest BCUT2D eigenvalue weighted by Crippen LogP contribution is -2.50. The van der Waals surface area contributed by atoms with Crippen molar-refractivity contribution in [2.45, 2.75) is 45.4 Å². The second kappa shape index (κ2) is 6.66. The molecular formula is C16H24FNO2. The lowest BCUT2D eigenvalue weighted by Gasteiger charge is -2.37. The summed E-state index contributed by atoms with van der Waals surface area (Å²) in [6.45, 7) is 8.49. The fourth-order valence-corrected chi connectivity index (χ4v) is 2.64. The maximum atomic E-state index is 13.1. The Morgan fingerprint density at radius 1 is 1.45 bits per heavy atom. The van der Waals surface area contributed by atoms with E-state index < -0.39 is 6.10 Å². The molecule has 0 aliphatic carbocycles. The number of hydrogen-bond acceptors (Lipinski definition) is 3. The highest BCUT2D eigenvalue weighted by molar-refractivity contribution is 5.27. The topological polar surface area (TPSA) is 32.7 Å². The Hall–Kier alpha value is -0.970. The summed E-state index contributed by atoms with van der Waals surface area (Å²) in [7, 11) is 0. The monoisotopic (exact) mass is 281 g/mol. The molecule has 20 heavy (non-hydrogen) atoms. The van der Waals surface area contributed by atoms with Crippen LogP contribution in [0, 0.1) is 12.7 Å². The van der Waals surface area contributed by atoms with E-state index in [-0.39, 0.29) is 11.9 Å². The molecule has 1 aromatic carbocycles. The quantitative estimate of drug-likeness (QED) is 0.918. The first-order chi connectivity index (χ1) is 9.47. The smallest absolute Gasteiger partial charge is 0.123 e. The maximum absolute atomic E-state index is 13.1. The van der Waals surface area contributed by atoms with Crippen LogP contribution in [-0.4, -0.2) is 48.0 Å². The Kier molecular flexibility index (Phi) is 5.13. The average molecular weight is 281 g/mol. The minimum Gasteiger partial charge on any atom is -0.390 e. The van der Waals surface area contributed by atoms with Crippen molar-refractivity contribution in [3.63, 3.8) is 0 Å². The van der Waals surface area contributed by atoms with E-state index in [1.54, 1.807) is 6.07 Å². The van der Waals surface area contributed by atoms with Crippen LogP contribution in [0.4, 0.5) is 4.39 Å². The summed E-state index contributed by atoms with van der Waals surface area (Å²) >= 11 is 0. The minimum atomic E-state index is -0.555. The van der Waals surface area contributed by atoms with E-state index in [1.807, 2.05) is 6.92 Å². The van der Waals surface area contributed by atoms with Crippen molar-refractivity contribution in [3.05, 3.63) is 35.1 Å². The number of aryl methyl sites for hydroxylation is 1. The van der Waals surface area contributed by atoms with Crippen molar-refractivity contribution in [3.8, 4) is 0 Å². The van der Waals surface area contributed by atoms with Crippen LogP contribution < -0.4 is 0 Å². The van der Waals surface area contributed by atoms with Gasteiger partial charge in [0.1, 0.15) is 5.82 Å². The fourth-order valence-electron chi connectivity index (χ4n) is 2.64. The highest BCUT2D eigenvalue weighted by Crippen LogP contribution is 2.17. The zero-order valence-corrected chi connectivity index (χ0v) is 12.5. The molecule has 0 aromatic heterocycles. The van der Waals surface area contributed by atoms with Crippen LogP contribution in [0.2, 0.25) is 0 Å². The summed E-state index contributed by atoms with van der Waals surface area (Å²) in [5.41, 5.74) is 1.85. The molecule has 2 unspecified atom stereocenters. The van der Waals surface area contributed by atoms with E-state index in [0.29, 0.717) is 19.1 Å². The van der Waals surface area contributed by atoms with Crippen LogP contribution in [0.5, 0.6) is 0 Å². The molecule has 0 amide bonds. The van der Waals surface area contributed by atoms with Gasteiger partial charge in [0.05, 0.1) is 18.8 Å². The Morgan fingerprint density at radius 3 is 2.85 bits per heavy atom. The van der Waals surface area contributed by atoms with Crippen LogP contribution in [0.3, 0.4) is 0 Å². The van der Waals surface area contributed by atoms with Crippen LogP contribution in [-0.2, 0) is 11.2 Å². The van der Waals surface area contributed by atoms with Crippen LogP contribution >= 0.6 is 0 Å². The van der Waals surface area contributed by atoms with Crippen molar-refractivity contribution in [1.29, 1.82) is 0 Å². The molecule has 1 heterocycles. The van der Waals surface area contributed by atoms with E-state index in [4.69, 9.17) is 4.74 Å². The van der Waals surface area contributed by atoms with E-state index in [0.717, 1.165) is 24.2 Å². The van der Waals surface area contributed by atoms with Crippen LogP contribution in [0.1, 0.15) is 25.0 Å². The van der Waals surface area contributed by atoms with E-state index in [9.17, 15) is 9.50 Å². The number of halogens is 1. The molecule has 4 heteroatoms. The van der Waals surface area contributed by atoms with Gasteiger partial charge in [0.25, 0.3) is 0 Å². The number of morpholine rings is 1. The SMILES string of the molecule is Cc1cc(F)ccc1CC(O)C1CN(C(C)C)CCO1. The lowest BCUT2D eigenvalue weighted by molar-refractivity contribution is -0.0941. The van der Waals surface area contributed by atoms with Crippen LogP contribution in [0.25, 0.3) is 0 Å². The number of nitrogens with zero attached hydrogens (tertiary/aromatic N) is 1. The van der Waals surface area contributed by atoms with E-state index >= 15 is 0 Å². The first kappa shape index (κ1) is 15.4. The highest BCUT2D eigenvalue weighted by atomic mass is 19.1. The van der Waals surface area contributed by atoms with Gasteiger partial charge in [-0.3, -0.25) is 4.90 Å². The molecule has 3 nitrogen and oxygen atoms in total. The summed E-state index contributed by atoms with van der Waals surface area (Å²) < 4.78 is 18.8. The maximum Gasteiger partial charge on any atom is 0.123 e. The second-order valence-corrected chi connectivity index (χ2v) is 5.84. The lowest BCUT2D eigenvalue weighted by atomic mass is 9.98. The predicted molar refractivity (Wildman–Crippen MR) is 77.3 cm³/mol. The number of benzene rings is 1. The predicted octanol–water partition coefficient (Wildman–Crippen LogP) is 2.15. The molecule has 0 bridgehead atoms. The molecule has 1 N–H and O–H groups in total. The largest absolute Gasteiger partial charge is 0.390 e. The van der Waals surface area contributed by atoms with Gasteiger partial charge in [-0.2, -0.15) is 0 Å². The first-order valence-electron chi connectivity index (χ1n) is 7.26. The summed E-state index contributed by atoms with van der Waals surface area (Å²) in [5.74, 6) is -0.236. The van der Waals surface area contributed by atoms with Gasteiger partial charge in [-0.15, -0.1) is 0 Å². The third kappa shape index (κ3) is 3.78. The van der Waals surface area contributed by atoms with Gasteiger partial charge in [0.15, 0.2) is 0 Å². The van der Waals surface area contributed by atoms with E-state index in [2.05, 4.69) is 18.7 Å². The number of aliphatic hydroxyl groups excluding tert-OH is 1. The molecule has 2 rings (SSSR count). The van der Waals surface area contributed by atoms with Crippen molar-refractivity contribution < 1.29 is 14.2 Å². The van der Waals surface area contributed by atoms with Crippen molar-refractivity contribution in [2.24, 2.45) is 0 Å². The van der Waals surface area contributed by atoms with Gasteiger partial charge in [0, 0.05) is 25.6 Å². The third-order valence-electron chi connectivity index (χ3n) is 4.02. The number of rotatable bonds is 4. The minimum absolute atomic E-state index is 0.171. The van der Waals surface area contributed by atoms with Gasteiger partial charge in [0.2, 0.25) is 0 Å². The summed E-state index contributed by atoms with van der Waals surface area (Å²) in [6, 6.07) is 5.15. The zero-order chi connectivity index (χ0) is 14.7. The van der Waals surface area contributed by atoms with Gasteiger partial charge in [-0.1, -0.05) is 6.07 Å². The highest BCUT2D eigenvalue weighted by Gasteiger charge is 2.28. The molecule has 0 radical (unpaired) electrons. The molecule has 1 aliphatic rings. The summed E-state index contributed by atoms with van der Waals surface area (Å²) in [4.78, 5) is 2.31. The fraction of sp³-hybridized carbons (Fsp3) is 0.625. The normalized spacial score (nSPS) is 22.2. The Morgan fingerprint density at radius 2 is 2.20 bits per heavy atom. The van der Waals surface area contributed by atoms with Crippen molar-refractivity contribution >= 4 is 0 Å². The van der Waals surface area contributed by atoms with Crippen LogP contribution in [0.15, 0.2) is 18.2 Å². The molecule has 0 saturated carbocycles. The van der Waals surface area contributed by atoms with Crippen molar-refractivity contribution in [1.82, 2.24) is 4.90 Å². The first-order valence-corrected chi connectivity index (χ1v) is 7.26. The number of aliphatic hydroxyl groups is 1. The molecular weight excluding hydrogens is 257 g/mol. The Balaban J connectivity index is 1.98. The molecule has 2 atom stereocenters. The Bertz CT molecular complexity index is 450. The van der Waals surface area contributed by atoms with Gasteiger partial charge < -0.3 is 9.84 Å². The van der Waals surface area contributed by atoms with Gasteiger partial charge >= 0.3 is 0 Å². The van der Waals surface area contributed by atoms with Crippen molar-refractivity contribution in [2.75, 3.05) is 19.7 Å². The molecule has 1 aliphatic heterocycles. The number of hydrogen-bond donors (Lipinski definition) is 1. The zero-order valence-electron chi connectivity index (χ0n) is 12.5.